The van der Waals surface area contributed by atoms with Crippen molar-refractivity contribution in [2.45, 2.75) is 219 Å². The number of hydrogen-bond donors (Lipinski definition) is 0. The predicted molar refractivity (Wildman–Crippen MR) is 269 cm³/mol. The second-order valence-corrected chi connectivity index (χ2v) is 18.4. The topological polar surface area (TPSA) is 111 Å². The van der Waals surface area contributed by atoms with Gasteiger partial charge in [0, 0.05) is 12.8 Å². The van der Waals surface area contributed by atoms with Crippen molar-refractivity contribution >= 4 is 17.9 Å². The van der Waals surface area contributed by atoms with E-state index in [9.17, 15) is 19.5 Å². The Bertz CT molecular complexity index is 1290. The van der Waals surface area contributed by atoms with Crippen LogP contribution >= 0.6 is 0 Å². The maximum atomic E-state index is 12.8. The summed E-state index contributed by atoms with van der Waals surface area (Å²) in [5.74, 6) is -2.32. The molecule has 0 aromatic heterocycles. The molecule has 0 amide bonds. The highest BCUT2D eigenvalue weighted by atomic mass is 16.7. The molecule has 0 saturated carbocycles. The number of rotatable bonds is 47. The van der Waals surface area contributed by atoms with Crippen LogP contribution in [0.3, 0.4) is 0 Å². The van der Waals surface area contributed by atoms with Gasteiger partial charge >= 0.3 is 11.9 Å². The van der Waals surface area contributed by atoms with E-state index in [4.69, 9.17) is 18.9 Å². The maximum Gasteiger partial charge on any atom is 0.306 e. The Morgan fingerprint density at radius 2 is 0.877 bits per heavy atom. The van der Waals surface area contributed by atoms with Gasteiger partial charge in [-0.3, -0.25) is 9.59 Å². The molecule has 9 heteroatoms. The fourth-order valence-corrected chi connectivity index (χ4v) is 6.95. The van der Waals surface area contributed by atoms with Gasteiger partial charge in [-0.25, -0.2) is 0 Å². The van der Waals surface area contributed by atoms with E-state index in [1.807, 2.05) is 21.1 Å². The molecular formula is C56H97NO8. The summed E-state index contributed by atoms with van der Waals surface area (Å²) in [7, 11) is 5.90. The standard InChI is InChI=1S/C56H97NO8/c1-6-8-10-12-14-16-18-20-22-24-25-26-27-28-29-31-33-35-37-39-41-43-45-47-54(59)65-52(51-64-56(55(60)61)62-49-48-57(3,4)5)50-63-53(58)46-44-42-40-38-36-34-32-30-23-21-19-17-15-13-11-9-7-2/h8,10,14,16,20,22,25-26,28-29,33,35,52,56H,6-7,9,11-13,15,17-19,21,23-24,27,30-32,34,36-51H2,1-5H3/b10-8-,16-14-,22-20-,26-25-,29-28-,35-33-. The minimum atomic E-state index is -1.63. The normalized spacial score (nSPS) is 13.4. The molecule has 0 aliphatic carbocycles. The van der Waals surface area contributed by atoms with Gasteiger partial charge in [0.05, 0.1) is 40.3 Å². The molecule has 0 aromatic carbocycles. The van der Waals surface area contributed by atoms with E-state index in [-0.39, 0.29) is 38.6 Å². The molecule has 2 unspecified atom stereocenters. The first kappa shape index (κ1) is 61.7. The monoisotopic (exact) mass is 912 g/mol. The Kier molecular flexibility index (Phi) is 44.9. The molecule has 0 aliphatic heterocycles. The second kappa shape index (κ2) is 47.2. The molecular weight excluding hydrogens is 815 g/mol. The third-order valence-electron chi connectivity index (χ3n) is 11.0. The quantitative estimate of drug-likeness (QED) is 0.0195. The molecule has 0 rings (SSSR count). The molecule has 0 bridgehead atoms. The number of nitrogens with zero attached hydrogens (tertiary/aromatic N) is 1. The Morgan fingerprint density at radius 3 is 1.31 bits per heavy atom. The molecule has 0 N–H and O–H groups in total. The van der Waals surface area contributed by atoms with Gasteiger partial charge in [0.15, 0.2) is 12.4 Å². The lowest BCUT2D eigenvalue weighted by Crippen LogP contribution is -2.44. The number of aliphatic carboxylic acids is 1. The van der Waals surface area contributed by atoms with Crippen molar-refractivity contribution in [1.29, 1.82) is 0 Å². The van der Waals surface area contributed by atoms with Crippen LogP contribution in [-0.2, 0) is 33.3 Å². The zero-order valence-corrected chi connectivity index (χ0v) is 42.3. The summed E-state index contributed by atoms with van der Waals surface area (Å²) >= 11 is 0. The molecule has 0 radical (unpaired) electrons. The molecule has 0 heterocycles. The summed E-state index contributed by atoms with van der Waals surface area (Å²) in [5, 5.41) is 11.7. The number of carboxylic acids is 1. The molecule has 9 nitrogen and oxygen atoms in total. The van der Waals surface area contributed by atoms with Crippen LogP contribution in [0, 0.1) is 0 Å². The van der Waals surface area contributed by atoms with Gasteiger partial charge in [-0.1, -0.05) is 202 Å². The number of carboxylic acid groups (broad SMARTS) is 1. The third-order valence-corrected chi connectivity index (χ3v) is 11.0. The largest absolute Gasteiger partial charge is 0.545 e. The number of ether oxygens (including phenoxy) is 4. The SMILES string of the molecule is CC/C=C\C/C=C\C/C=C\C/C=C\C/C=C\C/C=C\CCCCCCC(=O)OC(COC(=O)CCCCCCCCCCCCCCCCCCC)COC(OCC[N+](C)(C)C)C(=O)[O-]. The number of hydrogen-bond acceptors (Lipinski definition) is 8. The van der Waals surface area contributed by atoms with E-state index in [0.29, 0.717) is 17.4 Å². The van der Waals surface area contributed by atoms with Crippen LogP contribution in [0.5, 0.6) is 0 Å². The Labute approximate surface area is 398 Å². The summed E-state index contributed by atoms with van der Waals surface area (Å²) in [4.78, 5) is 37.2. The van der Waals surface area contributed by atoms with Crippen molar-refractivity contribution in [3.05, 3.63) is 72.9 Å². The minimum Gasteiger partial charge on any atom is -0.545 e. The van der Waals surface area contributed by atoms with Crippen LogP contribution in [0.15, 0.2) is 72.9 Å². The van der Waals surface area contributed by atoms with Gasteiger partial charge in [-0.05, 0) is 64.2 Å². The van der Waals surface area contributed by atoms with Gasteiger partial charge in [0.25, 0.3) is 0 Å². The first-order chi connectivity index (χ1) is 31.6. The van der Waals surface area contributed by atoms with E-state index in [2.05, 4.69) is 86.8 Å². The van der Waals surface area contributed by atoms with Crippen molar-refractivity contribution in [1.82, 2.24) is 0 Å². The van der Waals surface area contributed by atoms with Crippen LogP contribution < -0.4 is 5.11 Å². The Hall–Kier alpha value is -3.27. The summed E-state index contributed by atoms with van der Waals surface area (Å²) in [6.45, 7) is 4.61. The average Bonchev–Trinajstić information content (AvgIpc) is 3.27. The van der Waals surface area contributed by atoms with E-state index in [1.165, 1.54) is 89.9 Å². The van der Waals surface area contributed by atoms with E-state index >= 15 is 0 Å². The smallest absolute Gasteiger partial charge is 0.306 e. The first-order valence-corrected chi connectivity index (χ1v) is 26.1. The zero-order valence-electron chi connectivity index (χ0n) is 42.3. The van der Waals surface area contributed by atoms with Crippen LogP contribution in [0.2, 0.25) is 0 Å². The van der Waals surface area contributed by atoms with Crippen molar-refractivity contribution in [2.24, 2.45) is 0 Å². The van der Waals surface area contributed by atoms with E-state index < -0.39 is 24.3 Å². The highest BCUT2D eigenvalue weighted by Gasteiger charge is 2.21. The highest BCUT2D eigenvalue weighted by molar-refractivity contribution is 5.70. The average molecular weight is 912 g/mol. The molecule has 65 heavy (non-hydrogen) atoms. The van der Waals surface area contributed by atoms with Gasteiger partial charge in [-0.2, -0.15) is 0 Å². The lowest BCUT2D eigenvalue weighted by Gasteiger charge is -2.26. The van der Waals surface area contributed by atoms with Gasteiger partial charge < -0.3 is 33.3 Å². The highest BCUT2D eigenvalue weighted by Crippen LogP contribution is 2.15. The van der Waals surface area contributed by atoms with Crippen molar-refractivity contribution in [2.75, 3.05) is 47.5 Å². The summed E-state index contributed by atoms with van der Waals surface area (Å²) in [5.41, 5.74) is 0. The molecule has 0 aromatic rings. The second-order valence-electron chi connectivity index (χ2n) is 18.4. The number of allylic oxidation sites excluding steroid dienone is 12. The van der Waals surface area contributed by atoms with E-state index in [1.54, 1.807) is 0 Å². The predicted octanol–water partition coefficient (Wildman–Crippen LogP) is 13.3. The van der Waals surface area contributed by atoms with Gasteiger partial charge in [0.1, 0.15) is 13.2 Å². The fraction of sp³-hybridized carbons (Fsp3) is 0.732. The first-order valence-electron chi connectivity index (χ1n) is 26.1. The molecule has 374 valence electrons. The number of esters is 2. The number of likely N-dealkylation sites (N-methyl/N-ethyl adjacent to an activating group) is 1. The molecule has 0 fully saturated rings. The third kappa shape index (κ3) is 48.5. The molecule has 0 aliphatic rings. The van der Waals surface area contributed by atoms with Gasteiger partial charge in [-0.15, -0.1) is 0 Å². The number of quaternary nitrogens is 1. The lowest BCUT2D eigenvalue weighted by atomic mass is 10.0. The van der Waals surface area contributed by atoms with E-state index in [0.717, 1.165) is 83.5 Å². The summed E-state index contributed by atoms with van der Waals surface area (Å²) in [6, 6.07) is 0. The van der Waals surface area contributed by atoms with Crippen LogP contribution in [0.25, 0.3) is 0 Å². The summed E-state index contributed by atoms with van der Waals surface area (Å²) < 4.78 is 22.6. The van der Waals surface area contributed by atoms with Crippen LogP contribution in [-0.4, -0.2) is 82.3 Å². The molecule has 0 saturated heterocycles. The zero-order chi connectivity index (χ0) is 47.7. The number of unbranched alkanes of at least 4 members (excludes halogenated alkanes) is 20. The minimum absolute atomic E-state index is 0.140. The molecule has 2 atom stereocenters. The number of carbonyl (C=O) groups excluding carboxylic acids is 3. The lowest BCUT2D eigenvalue weighted by molar-refractivity contribution is -0.870. The summed E-state index contributed by atoms with van der Waals surface area (Å²) in [6.07, 6.45) is 56.5. The number of carbonyl (C=O) groups is 3. The molecule has 0 spiro atoms. The van der Waals surface area contributed by atoms with Crippen molar-refractivity contribution in [3.8, 4) is 0 Å². The Morgan fingerprint density at radius 1 is 0.477 bits per heavy atom. The Balaban J connectivity index is 4.40. The van der Waals surface area contributed by atoms with Crippen molar-refractivity contribution in [3.63, 3.8) is 0 Å². The van der Waals surface area contributed by atoms with Crippen molar-refractivity contribution < 1.29 is 42.9 Å². The maximum absolute atomic E-state index is 12.8. The van der Waals surface area contributed by atoms with Crippen LogP contribution in [0.4, 0.5) is 0 Å². The van der Waals surface area contributed by atoms with Gasteiger partial charge in [0.2, 0.25) is 0 Å². The fourth-order valence-electron chi connectivity index (χ4n) is 6.95. The van der Waals surface area contributed by atoms with Crippen LogP contribution in [0.1, 0.15) is 206 Å².